The molecule has 2 amide bonds. The van der Waals surface area contributed by atoms with Gasteiger partial charge in [-0.3, -0.25) is 19.4 Å². The summed E-state index contributed by atoms with van der Waals surface area (Å²) < 4.78 is 0. The monoisotopic (exact) mass is 403 g/mol. The molecule has 3 aromatic rings. The highest BCUT2D eigenvalue weighted by atomic mass is 16.2. The van der Waals surface area contributed by atoms with Gasteiger partial charge in [-0.2, -0.15) is 4.98 Å². The Balaban J connectivity index is 1.64. The number of aromatic nitrogens is 2. The number of nitrogens with one attached hydrogen (secondary N) is 4. The fourth-order valence-corrected chi connectivity index (χ4v) is 3.36. The van der Waals surface area contributed by atoms with Gasteiger partial charge in [0, 0.05) is 17.8 Å². The Kier molecular flexibility index (Phi) is 5.05. The molecule has 0 aliphatic carbocycles. The number of rotatable bonds is 4. The normalized spacial score (nSPS) is 15.1. The number of para-hydroxylation sites is 1. The summed E-state index contributed by atoms with van der Waals surface area (Å²) in [4.78, 5) is 44.9. The number of anilines is 4. The molecule has 0 spiro atoms. The highest BCUT2D eigenvalue weighted by Gasteiger charge is 2.34. The minimum Gasteiger partial charge on any atom is -0.326 e. The Labute approximate surface area is 172 Å². The number of aromatic amines is 1. The first kappa shape index (κ1) is 19.4. The van der Waals surface area contributed by atoms with Crippen LogP contribution in [0.3, 0.4) is 0 Å². The zero-order valence-electron chi connectivity index (χ0n) is 16.6. The van der Waals surface area contributed by atoms with E-state index in [-0.39, 0.29) is 29.7 Å². The molecule has 8 nitrogen and oxygen atoms in total. The standard InChI is InChI=1S/C22H21N5O3/c1-12-7-9-14(10-8-12)23-22-26-19-18(21(30)27-22)15(11-17(28)25-19)20(29)24-16-6-4-3-5-13(16)2/h3-10,15H,11H2,1-2H3,(H,24,29)(H3,23,25,26,27,28,30). The molecule has 0 radical (unpaired) electrons. The summed E-state index contributed by atoms with van der Waals surface area (Å²) in [5.74, 6) is -1.45. The highest BCUT2D eigenvalue weighted by molar-refractivity contribution is 6.04. The maximum atomic E-state index is 12.9. The van der Waals surface area contributed by atoms with Crippen LogP contribution in [0.4, 0.5) is 23.1 Å². The Hall–Kier alpha value is -3.94. The predicted octanol–water partition coefficient (Wildman–Crippen LogP) is 3.19. The number of carbonyl (C=O) groups excluding carboxylic acids is 2. The van der Waals surface area contributed by atoms with Crippen molar-refractivity contribution in [2.24, 2.45) is 0 Å². The van der Waals surface area contributed by atoms with E-state index in [1.165, 1.54) is 0 Å². The second-order valence-corrected chi connectivity index (χ2v) is 7.28. The summed E-state index contributed by atoms with van der Waals surface area (Å²) in [7, 11) is 0. The molecular formula is C22H21N5O3. The quantitative estimate of drug-likeness (QED) is 0.534. The molecule has 1 unspecified atom stereocenters. The molecule has 1 aliphatic heterocycles. The molecule has 0 saturated heterocycles. The molecule has 4 N–H and O–H groups in total. The lowest BCUT2D eigenvalue weighted by Gasteiger charge is -2.24. The molecule has 0 fully saturated rings. The van der Waals surface area contributed by atoms with Crippen LogP contribution in [0.5, 0.6) is 0 Å². The SMILES string of the molecule is Cc1ccc(Nc2nc3c(c(=O)[nH]2)C(C(=O)Nc2ccccc2C)CC(=O)N3)cc1. The van der Waals surface area contributed by atoms with Gasteiger partial charge in [0.05, 0.1) is 11.5 Å². The van der Waals surface area contributed by atoms with Crippen molar-refractivity contribution in [2.75, 3.05) is 16.0 Å². The minimum atomic E-state index is -0.932. The van der Waals surface area contributed by atoms with E-state index in [9.17, 15) is 14.4 Å². The van der Waals surface area contributed by atoms with Crippen molar-refractivity contribution < 1.29 is 9.59 Å². The van der Waals surface area contributed by atoms with Gasteiger partial charge in [0.1, 0.15) is 5.82 Å². The summed E-state index contributed by atoms with van der Waals surface area (Å²) in [5, 5.41) is 8.43. The van der Waals surface area contributed by atoms with Gasteiger partial charge in [0.25, 0.3) is 5.56 Å². The summed E-state index contributed by atoms with van der Waals surface area (Å²) >= 11 is 0. The van der Waals surface area contributed by atoms with Gasteiger partial charge in [0.15, 0.2) is 0 Å². The highest BCUT2D eigenvalue weighted by Crippen LogP contribution is 2.30. The van der Waals surface area contributed by atoms with E-state index in [2.05, 4.69) is 25.9 Å². The maximum Gasteiger partial charge on any atom is 0.258 e. The zero-order chi connectivity index (χ0) is 21.3. The van der Waals surface area contributed by atoms with E-state index >= 15 is 0 Å². The second kappa shape index (κ2) is 7.82. The molecule has 2 heterocycles. The first-order chi connectivity index (χ1) is 14.4. The third-order valence-corrected chi connectivity index (χ3v) is 4.98. The van der Waals surface area contributed by atoms with Gasteiger partial charge < -0.3 is 16.0 Å². The van der Waals surface area contributed by atoms with Crippen LogP contribution in [0.15, 0.2) is 53.3 Å². The topological polar surface area (TPSA) is 116 Å². The van der Waals surface area contributed by atoms with Gasteiger partial charge in [0.2, 0.25) is 17.8 Å². The van der Waals surface area contributed by atoms with Crippen molar-refractivity contribution in [2.45, 2.75) is 26.2 Å². The fourth-order valence-electron chi connectivity index (χ4n) is 3.36. The number of aryl methyl sites for hydroxylation is 2. The first-order valence-electron chi connectivity index (χ1n) is 9.55. The lowest BCUT2D eigenvalue weighted by molar-refractivity contribution is -0.123. The minimum absolute atomic E-state index is 0.0922. The number of H-pyrrole nitrogens is 1. The smallest absolute Gasteiger partial charge is 0.258 e. The van der Waals surface area contributed by atoms with Crippen LogP contribution in [-0.2, 0) is 9.59 Å². The summed E-state index contributed by atoms with van der Waals surface area (Å²) in [6.07, 6.45) is -0.125. The number of amides is 2. The van der Waals surface area contributed by atoms with Crippen molar-refractivity contribution in [1.29, 1.82) is 0 Å². The first-order valence-corrected chi connectivity index (χ1v) is 9.55. The molecule has 152 valence electrons. The molecule has 30 heavy (non-hydrogen) atoms. The fraction of sp³-hybridized carbons (Fsp3) is 0.182. The van der Waals surface area contributed by atoms with Crippen molar-refractivity contribution in [3.8, 4) is 0 Å². The summed E-state index contributed by atoms with van der Waals surface area (Å²) in [5.41, 5.74) is 3.03. The Morgan fingerprint density at radius 3 is 2.53 bits per heavy atom. The number of fused-ring (bicyclic) bond motifs is 1. The third-order valence-electron chi connectivity index (χ3n) is 4.98. The predicted molar refractivity (Wildman–Crippen MR) is 115 cm³/mol. The second-order valence-electron chi connectivity index (χ2n) is 7.28. The number of nitrogens with zero attached hydrogens (tertiary/aromatic N) is 1. The molecular weight excluding hydrogens is 382 g/mol. The van der Waals surface area contributed by atoms with Crippen molar-refractivity contribution in [3.05, 3.63) is 75.6 Å². The molecule has 0 bridgehead atoms. The molecule has 4 rings (SSSR count). The third kappa shape index (κ3) is 3.93. The van der Waals surface area contributed by atoms with E-state index in [1.54, 1.807) is 6.07 Å². The number of carbonyl (C=O) groups is 2. The lowest BCUT2D eigenvalue weighted by Crippen LogP contribution is -2.36. The van der Waals surface area contributed by atoms with Gasteiger partial charge in [-0.1, -0.05) is 35.9 Å². The van der Waals surface area contributed by atoms with E-state index in [0.717, 1.165) is 16.8 Å². The summed E-state index contributed by atoms with van der Waals surface area (Å²) in [6.45, 7) is 3.84. The van der Waals surface area contributed by atoms with Crippen LogP contribution < -0.4 is 21.5 Å². The summed E-state index contributed by atoms with van der Waals surface area (Å²) in [6, 6.07) is 14.9. The van der Waals surface area contributed by atoms with Crippen LogP contribution in [0.25, 0.3) is 0 Å². The largest absolute Gasteiger partial charge is 0.326 e. The molecule has 1 atom stereocenters. The van der Waals surface area contributed by atoms with E-state index in [4.69, 9.17) is 0 Å². The number of hydrogen-bond acceptors (Lipinski definition) is 5. The Morgan fingerprint density at radius 2 is 1.80 bits per heavy atom. The number of hydrogen-bond donors (Lipinski definition) is 4. The Morgan fingerprint density at radius 1 is 1.07 bits per heavy atom. The van der Waals surface area contributed by atoms with Crippen LogP contribution in [0, 0.1) is 13.8 Å². The van der Waals surface area contributed by atoms with Gasteiger partial charge in [-0.15, -0.1) is 0 Å². The van der Waals surface area contributed by atoms with Gasteiger partial charge >= 0.3 is 0 Å². The van der Waals surface area contributed by atoms with E-state index in [0.29, 0.717) is 5.69 Å². The maximum absolute atomic E-state index is 12.9. The average Bonchev–Trinajstić information content (AvgIpc) is 2.70. The van der Waals surface area contributed by atoms with Crippen LogP contribution in [0.2, 0.25) is 0 Å². The number of benzene rings is 2. The van der Waals surface area contributed by atoms with Crippen LogP contribution in [0.1, 0.15) is 29.0 Å². The van der Waals surface area contributed by atoms with Gasteiger partial charge in [-0.25, -0.2) is 0 Å². The van der Waals surface area contributed by atoms with Crippen molar-refractivity contribution >= 4 is 35.0 Å². The van der Waals surface area contributed by atoms with E-state index < -0.39 is 17.4 Å². The molecule has 2 aromatic carbocycles. The molecule has 0 saturated carbocycles. The molecule has 8 heteroatoms. The molecule has 1 aliphatic rings. The van der Waals surface area contributed by atoms with Crippen LogP contribution in [-0.4, -0.2) is 21.8 Å². The molecule has 1 aromatic heterocycles. The lowest BCUT2D eigenvalue weighted by atomic mass is 9.92. The average molecular weight is 403 g/mol. The van der Waals surface area contributed by atoms with E-state index in [1.807, 2.05) is 56.3 Å². The van der Waals surface area contributed by atoms with Crippen molar-refractivity contribution in [1.82, 2.24) is 9.97 Å². The van der Waals surface area contributed by atoms with Gasteiger partial charge in [-0.05, 0) is 37.6 Å². The Bertz CT molecular complexity index is 1180. The zero-order valence-corrected chi connectivity index (χ0v) is 16.6. The van der Waals surface area contributed by atoms with Crippen molar-refractivity contribution in [3.63, 3.8) is 0 Å². The van der Waals surface area contributed by atoms with Crippen LogP contribution >= 0.6 is 0 Å².